The summed E-state index contributed by atoms with van der Waals surface area (Å²) >= 11 is 0. The van der Waals surface area contributed by atoms with Crippen LogP contribution < -0.4 is 4.74 Å². The maximum absolute atomic E-state index is 13.7. The number of amides is 2. The van der Waals surface area contributed by atoms with Crippen molar-refractivity contribution < 1.29 is 28.6 Å². The van der Waals surface area contributed by atoms with Crippen molar-refractivity contribution in [2.24, 2.45) is 0 Å². The Morgan fingerprint density at radius 2 is 2.11 bits per heavy atom. The van der Waals surface area contributed by atoms with E-state index >= 15 is 0 Å². The van der Waals surface area contributed by atoms with E-state index in [-0.39, 0.29) is 42.6 Å². The number of carbonyl (C=O) groups is 2. The van der Waals surface area contributed by atoms with Crippen molar-refractivity contribution in [2.45, 2.75) is 50.0 Å². The zero-order valence-corrected chi connectivity index (χ0v) is 20.3. The molecule has 0 radical (unpaired) electrons. The quantitative estimate of drug-likeness (QED) is 0.466. The van der Waals surface area contributed by atoms with Crippen molar-refractivity contribution in [1.29, 1.82) is 5.26 Å². The van der Waals surface area contributed by atoms with Crippen LogP contribution in [-0.2, 0) is 11.3 Å². The topological polar surface area (TPSA) is 160 Å². The third kappa shape index (κ3) is 4.66. The van der Waals surface area contributed by atoms with Gasteiger partial charge in [0, 0.05) is 18.8 Å². The molecule has 1 saturated carbocycles. The fourth-order valence-corrected chi connectivity index (χ4v) is 4.99. The Labute approximate surface area is 217 Å². The predicted octanol–water partition coefficient (Wildman–Crippen LogP) is 2.01. The predicted molar refractivity (Wildman–Crippen MR) is 128 cm³/mol. The Balaban J connectivity index is 1.24. The van der Waals surface area contributed by atoms with Gasteiger partial charge in [-0.15, -0.1) is 5.10 Å². The second-order valence-electron chi connectivity index (χ2n) is 9.68. The third-order valence-electron chi connectivity index (χ3n) is 7.04. The highest BCUT2D eigenvalue weighted by Gasteiger charge is 2.46. The van der Waals surface area contributed by atoms with E-state index in [4.69, 9.17) is 13.9 Å². The van der Waals surface area contributed by atoms with E-state index in [1.54, 1.807) is 40.2 Å². The Hall–Kier alpha value is -4.44. The largest absolute Gasteiger partial charge is 0.485 e. The smallest absolute Gasteiger partial charge is 0.407 e. The number of ether oxygens (including phenoxy) is 2. The van der Waals surface area contributed by atoms with Crippen LogP contribution in [0.15, 0.2) is 41.2 Å². The summed E-state index contributed by atoms with van der Waals surface area (Å²) in [4.78, 5) is 33.0. The van der Waals surface area contributed by atoms with Gasteiger partial charge in [0.1, 0.15) is 11.9 Å². The van der Waals surface area contributed by atoms with E-state index in [0.717, 1.165) is 12.8 Å². The maximum Gasteiger partial charge on any atom is 0.407 e. The number of nitriles is 1. The molecule has 4 heterocycles. The van der Waals surface area contributed by atoms with Crippen LogP contribution in [0.25, 0.3) is 11.3 Å². The lowest BCUT2D eigenvalue weighted by molar-refractivity contribution is -0.0794. The molecule has 13 heteroatoms. The normalized spacial score (nSPS) is 21.1. The van der Waals surface area contributed by atoms with Gasteiger partial charge in [0.2, 0.25) is 0 Å². The molecule has 0 bridgehead atoms. The molecule has 0 unspecified atom stereocenters. The van der Waals surface area contributed by atoms with Crippen LogP contribution >= 0.6 is 0 Å². The van der Waals surface area contributed by atoms with E-state index in [1.165, 1.54) is 11.1 Å². The van der Waals surface area contributed by atoms with Gasteiger partial charge in [-0.05, 0) is 37.5 Å². The SMILES string of the molecule is N#Cc1ccc(OC2COC2)c(-c2cnc(C(=O)N(C3CC3)[C@@H]3C[C@@H](Cn4ccnn4)N(C(=O)O)C3)o2)c1. The first-order valence-corrected chi connectivity index (χ1v) is 12.4. The number of hydrogen-bond acceptors (Lipinski definition) is 9. The van der Waals surface area contributed by atoms with Crippen LogP contribution in [0.1, 0.15) is 35.5 Å². The minimum Gasteiger partial charge on any atom is -0.485 e. The van der Waals surface area contributed by atoms with Gasteiger partial charge in [-0.3, -0.25) is 9.48 Å². The van der Waals surface area contributed by atoms with Gasteiger partial charge < -0.3 is 28.8 Å². The molecule has 0 spiro atoms. The summed E-state index contributed by atoms with van der Waals surface area (Å²) in [5.41, 5.74) is 0.936. The maximum atomic E-state index is 13.7. The number of nitrogens with zero attached hydrogens (tertiary/aromatic N) is 7. The number of rotatable bonds is 8. The van der Waals surface area contributed by atoms with Crippen LogP contribution in [-0.4, -0.2) is 90.9 Å². The molecule has 196 valence electrons. The Morgan fingerprint density at radius 1 is 1.26 bits per heavy atom. The monoisotopic (exact) mass is 519 g/mol. The van der Waals surface area contributed by atoms with Gasteiger partial charge in [0.25, 0.3) is 5.89 Å². The van der Waals surface area contributed by atoms with Crippen LogP contribution in [0.2, 0.25) is 0 Å². The zero-order chi connectivity index (χ0) is 26.2. The van der Waals surface area contributed by atoms with Gasteiger partial charge >= 0.3 is 12.0 Å². The first-order chi connectivity index (χ1) is 18.5. The molecule has 3 fully saturated rings. The lowest BCUT2D eigenvalue weighted by Crippen LogP contribution is -2.44. The fourth-order valence-electron chi connectivity index (χ4n) is 4.99. The molecule has 6 rings (SSSR count). The summed E-state index contributed by atoms with van der Waals surface area (Å²) in [7, 11) is 0. The number of benzene rings is 1. The molecule has 2 saturated heterocycles. The van der Waals surface area contributed by atoms with Crippen molar-refractivity contribution >= 4 is 12.0 Å². The highest BCUT2D eigenvalue weighted by Crippen LogP contribution is 2.37. The Morgan fingerprint density at radius 3 is 2.76 bits per heavy atom. The van der Waals surface area contributed by atoms with Crippen molar-refractivity contribution in [3.63, 3.8) is 0 Å². The molecule has 2 amide bonds. The number of aromatic nitrogens is 4. The Bertz CT molecular complexity index is 1370. The number of carbonyl (C=O) groups excluding carboxylic acids is 1. The Kier molecular flexibility index (Phi) is 6.16. The summed E-state index contributed by atoms with van der Waals surface area (Å²) in [5.74, 6) is 0.338. The van der Waals surface area contributed by atoms with Crippen molar-refractivity contribution in [3.05, 3.63) is 48.2 Å². The van der Waals surface area contributed by atoms with Crippen LogP contribution in [0.3, 0.4) is 0 Å². The highest BCUT2D eigenvalue weighted by molar-refractivity contribution is 5.91. The van der Waals surface area contributed by atoms with E-state index in [2.05, 4.69) is 21.4 Å². The highest BCUT2D eigenvalue weighted by atomic mass is 16.6. The molecule has 2 atom stereocenters. The van der Waals surface area contributed by atoms with E-state index in [9.17, 15) is 20.0 Å². The number of oxazole rings is 1. The zero-order valence-electron chi connectivity index (χ0n) is 20.3. The molecular weight excluding hydrogens is 494 g/mol. The number of likely N-dealkylation sites (tertiary alicyclic amines) is 1. The minimum atomic E-state index is -1.04. The third-order valence-corrected chi connectivity index (χ3v) is 7.04. The van der Waals surface area contributed by atoms with Gasteiger partial charge in [0.05, 0.1) is 61.4 Å². The standard InChI is InChI=1S/C25H25N7O6/c26-9-15-1-4-21(37-19-13-36-14-19)20(7-15)22-10-27-23(38-22)24(33)32(16-2-3-16)18-8-17(31(12-18)25(34)35)11-30-6-5-28-29-30/h1,4-7,10,16-19H,2-3,8,11-14H2,(H,34,35)/t17-,18+/m0/s1. The average Bonchev–Trinajstić information content (AvgIpc) is 3.27. The molecule has 3 aromatic rings. The second kappa shape index (κ2) is 9.79. The lowest BCUT2D eigenvalue weighted by Gasteiger charge is -2.28. The van der Waals surface area contributed by atoms with Crippen LogP contribution in [0.4, 0.5) is 4.79 Å². The summed E-state index contributed by atoms with van der Waals surface area (Å²) in [6, 6.07) is 6.42. The summed E-state index contributed by atoms with van der Waals surface area (Å²) in [6.07, 6.45) is 5.67. The van der Waals surface area contributed by atoms with Crippen LogP contribution in [0.5, 0.6) is 5.75 Å². The molecule has 3 aliphatic rings. The molecule has 13 nitrogen and oxygen atoms in total. The molecule has 2 aromatic heterocycles. The first kappa shape index (κ1) is 23.9. The fraction of sp³-hybridized carbons (Fsp3) is 0.440. The van der Waals surface area contributed by atoms with Gasteiger partial charge in [0.15, 0.2) is 5.76 Å². The lowest BCUT2D eigenvalue weighted by atomic mass is 10.1. The second-order valence-corrected chi connectivity index (χ2v) is 9.68. The van der Waals surface area contributed by atoms with Gasteiger partial charge in [-0.2, -0.15) is 5.26 Å². The first-order valence-electron chi connectivity index (χ1n) is 12.4. The summed E-state index contributed by atoms with van der Waals surface area (Å²) < 4.78 is 18.7. The molecule has 1 aliphatic carbocycles. The molecule has 38 heavy (non-hydrogen) atoms. The molecule has 1 N–H and O–H groups in total. The number of carboxylic acid groups (broad SMARTS) is 1. The van der Waals surface area contributed by atoms with E-state index in [1.807, 2.05) is 0 Å². The van der Waals surface area contributed by atoms with Crippen molar-refractivity contribution in [3.8, 4) is 23.1 Å². The van der Waals surface area contributed by atoms with Gasteiger partial charge in [-0.25, -0.2) is 9.78 Å². The number of hydrogen-bond donors (Lipinski definition) is 1. The molecule has 1 aromatic carbocycles. The van der Waals surface area contributed by atoms with E-state index < -0.39 is 6.09 Å². The van der Waals surface area contributed by atoms with Gasteiger partial charge in [-0.1, -0.05) is 5.21 Å². The summed E-state index contributed by atoms with van der Waals surface area (Å²) in [5, 5.41) is 26.9. The van der Waals surface area contributed by atoms with Crippen LogP contribution in [0, 0.1) is 11.3 Å². The van der Waals surface area contributed by atoms with Crippen molar-refractivity contribution in [2.75, 3.05) is 19.8 Å². The van der Waals surface area contributed by atoms with Crippen molar-refractivity contribution in [1.82, 2.24) is 29.8 Å². The summed E-state index contributed by atoms with van der Waals surface area (Å²) in [6.45, 7) is 1.49. The average molecular weight is 520 g/mol. The minimum absolute atomic E-state index is 0.00282. The molecule has 2 aliphatic heterocycles. The van der Waals surface area contributed by atoms with E-state index in [0.29, 0.717) is 48.8 Å². The molecular formula is C25H25N7O6.